The third kappa shape index (κ3) is 2.22. The first kappa shape index (κ1) is 14.5. The summed E-state index contributed by atoms with van der Waals surface area (Å²) in [5.74, 6) is 0.485. The molecule has 0 radical (unpaired) electrons. The Bertz CT molecular complexity index is 999. The molecular weight excluding hydrogens is 342 g/mol. The van der Waals surface area contributed by atoms with Gasteiger partial charge in [0.25, 0.3) is 5.56 Å². The Morgan fingerprint density at radius 2 is 2.00 bits per heavy atom. The molecule has 0 saturated heterocycles. The fourth-order valence-corrected chi connectivity index (χ4v) is 3.15. The maximum Gasteiger partial charge on any atom is 0.261 e. The maximum absolute atomic E-state index is 12.6. The lowest BCUT2D eigenvalue weighted by Crippen LogP contribution is -2.20. The van der Waals surface area contributed by atoms with E-state index in [1.165, 1.54) is 4.57 Å². The van der Waals surface area contributed by atoms with Gasteiger partial charge in [0.05, 0.1) is 22.5 Å². The molecular formula is C17H12BrN3O. The van der Waals surface area contributed by atoms with Gasteiger partial charge in [-0.1, -0.05) is 12.1 Å². The van der Waals surface area contributed by atoms with Crippen LogP contribution in [0.1, 0.15) is 11.1 Å². The molecule has 0 aliphatic carbocycles. The highest BCUT2D eigenvalue weighted by atomic mass is 79.9. The van der Waals surface area contributed by atoms with E-state index in [1.54, 1.807) is 25.2 Å². The lowest BCUT2D eigenvalue weighted by molar-refractivity contribution is 0.855. The Kier molecular flexibility index (Phi) is 3.55. The Balaban J connectivity index is 2.45. The fourth-order valence-electron chi connectivity index (χ4n) is 2.49. The number of hydrogen-bond acceptors (Lipinski definition) is 3. The van der Waals surface area contributed by atoms with E-state index < -0.39 is 0 Å². The molecule has 1 heterocycles. The second kappa shape index (κ2) is 5.39. The summed E-state index contributed by atoms with van der Waals surface area (Å²) in [5, 5.41) is 9.83. The summed E-state index contributed by atoms with van der Waals surface area (Å²) in [6.45, 7) is 1.93. The molecule has 1 aromatic heterocycles. The number of halogens is 1. The number of hydrogen-bond donors (Lipinski definition) is 0. The molecule has 0 saturated carbocycles. The average molecular weight is 354 g/mol. The van der Waals surface area contributed by atoms with E-state index in [0.717, 1.165) is 10.0 Å². The molecule has 0 atom stereocenters. The molecule has 3 rings (SSSR count). The quantitative estimate of drug-likeness (QED) is 0.672. The number of aromatic nitrogens is 2. The number of rotatable bonds is 1. The third-order valence-electron chi connectivity index (χ3n) is 3.57. The molecule has 22 heavy (non-hydrogen) atoms. The molecule has 3 aromatic rings. The minimum absolute atomic E-state index is 0.128. The van der Waals surface area contributed by atoms with Crippen LogP contribution < -0.4 is 5.56 Å². The Hall–Kier alpha value is -2.45. The van der Waals surface area contributed by atoms with Crippen LogP contribution in [-0.2, 0) is 7.05 Å². The highest BCUT2D eigenvalue weighted by Crippen LogP contribution is 2.26. The average Bonchev–Trinajstić information content (AvgIpc) is 2.51. The summed E-state index contributed by atoms with van der Waals surface area (Å²) < 4.78 is 2.26. The lowest BCUT2D eigenvalue weighted by atomic mass is 10.1. The van der Waals surface area contributed by atoms with Gasteiger partial charge >= 0.3 is 0 Å². The van der Waals surface area contributed by atoms with Crippen molar-refractivity contribution in [1.29, 1.82) is 5.26 Å². The second-order valence-corrected chi connectivity index (χ2v) is 5.95. The van der Waals surface area contributed by atoms with Gasteiger partial charge in [0, 0.05) is 17.1 Å². The minimum Gasteiger partial charge on any atom is -0.295 e. The molecule has 0 N–H and O–H groups in total. The van der Waals surface area contributed by atoms with Gasteiger partial charge < -0.3 is 0 Å². The molecule has 108 valence electrons. The van der Waals surface area contributed by atoms with E-state index in [4.69, 9.17) is 0 Å². The lowest BCUT2D eigenvalue weighted by Gasteiger charge is -2.11. The largest absolute Gasteiger partial charge is 0.295 e. The Morgan fingerprint density at radius 1 is 1.27 bits per heavy atom. The van der Waals surface area contributed by atoms with E-state index >= 15 is 0 Å². The summed E-state index contributed by atoms with van der Waals surface area (Å²) in [6, 6.07) is 13.0. The van der Waals surface area contributed by atoms with Crippen LogP contribution >= 0.6 is 15.9 Å². The van der Waals surface area contributed by atoms with Gasteiger partial charge in [0.2, 0.25) is 0 Å². The Labute approximate surface area is 135 Å². The van der Waals surface area contributed by atoms with Crippen LogP contribution in [0, 0.1) is 18.3 Å². The van der Waals surface area contributed by atoms with Gasteiger partial charge in [-0.2, -0.15) is 5.26 Å². The van der Waals surface area contributed by atoms with E-state index in [2.05, 4.69) is 27.0 Å². The van der Waals surface area contributed by atoms with Crippen LogP contribution in [0.2, 0.25) is 0 Å². The highest BCUT2D eigenvalue weighted by molar-refractivity contribution is 9.10. The van der Waals surface area contributed by atoms with E-state index in [-0.39, 0.29) is 5.56 Å². The predicted octanol–water partition coefficient (Wildman–Crippen LogP) is 3.54. The van der Waals surface area contributed by atoms with E-state index in [1.807, 2.05) is 25.1 Å². The molecule has 2 aromatic carbocycles. The van der Waals surface area contributed by atoms with Crippen LogP contribution in [-0.4, -0.2) is 9.55 Å². The first-order chi connectivity index (χ1) is 10.5. The topological polar surface area (TPSA) is 58.7 Å². The zero-order valence-corrected chi connectivity index (χ0v) is 13.7. The van der Waals surface area contributed by atoms with Crippen molar-refractivity contribution in [1.82, 2.24) is 9.55 Å². The number of fused-ring (bicyclic) bond motifs is 1. The number of nitrogens with zero attached hydrogens (tertiary/aromatic N) is 3. The van der Waals surface area contributed by atoms with Crippen molar-refractivity contribution in [2.75, 3.05) is 0 Å². The molecule has 0 aliphatic heterocycles. The summed E-state index contributed by atoms with van der Waals surface area (Å²) >= 11 is 3.47. The van der Waals surface area contributed by atoms with Gasteiger partial charge in [-0.15, -0.1) is 0 Å². The number of nitriles is 1. The van der Waals surface area contributed by atoms with Crippen molar-refractivity contribution in [2.24, 2.45) is 7.05 Å². The first-order valence-corrected chi connectivity index (χ1v) is 7.48. The van der Waals surface area contributed by atoms with E-state index in [0.29, 0.717) is 27.9 Å². The normalized spacial score (nSPS) is 10.6. The molecule has 0 bridgehead atoms. The monoisotopic (exact) mass is 353 g/mol. The van der Waals surface area contributed by atoms with Crippen LogP contribution in [0.4, 0.5) is 0 Å². The Morgan fingerprint density at radius 3 is 2.73 bits per heavy atom. The van der Waals surface area contributed by atoms with Crippen molar-refractivity contribution in [3.63, 3.8) is 0 Å². The molecule has 0 spiro atoms. The summed E-state index contributed by atoms with van der Waals surface area (Å²) in [5.41, 5.74) is 2.61. The van der Waals surface area contributed by atoms with Gasteiger partial charge in [-0.25, -0.2) is 4.98 Å². The molecule has 4 nitrogen and oxygen atoms in total. The van der Waals surface area contributed by atoms with Crippen molar-refractivity contribution in [3.05, 3.63) is 62.4 Å². The summed E-state index contributed by atoms with van der Waals surface area (Å²) in [7, 11) is 1.68. The zero-order chi connectivity index (χ0) is 15.9. The zero-order valence-electron chi connectivity index (χ0n) is 12.1. The fraction of sp³-hybridized carbons (Fsp3) is 0.118. The van der Waals surface area contributed by atoms with Crippen LogP contribution in [0.25, 0.3) is 22.3 Å². The van der Waals surface area contributed by atoms with Crippen LogP contribution in [0.3, 0.4) is 0 Å². The number of aryl methyl sites for hydroxylation is 1. The van der Waals surface area contributed by atoms with Crippen LogP contribution in [0.5, 0.6) is 0 Å². The standard InChI is InChI=1S/C17H12BrN3O/c1-10-7-13-15(14(18)8-10)20-16(21(2)17(13)22)12-6-4-3-5-11(12)9-19/h3-8H,1-2H3. The van der Waals surface area contributed by atoms with Gasteiger partial charge in [0.15, 0.2) is 0 Å². The molecule has 0 aliphatic rings. The van der Waals surface area contributed by atoms with Crippen molar-refractivity contribution in [3.8, 4) is 17.5 Å². The number of benzene rings is 2. The SMILES string of the molecule is Cc1cc(Br)c2nc(-c3ccccc3C#N)n(C)c(=O)c2c1. The molecule has 0 fully saturated rings. The summed E-state index contributed by atoms with van der Waals surface area (Å²) in [6.07, 6.45) is 0. The van der Waals surface area contributed by atoms with Gasteiger partial charge in [0.1, 0.15) is 5.82 Å². The van der Waals surface area contributed by atoms with Gasteiger partial charge in [-0.3, -0.25) is 9.36 Å². The first-order valence-electron chi connectivity index (χ1n) is 6.69. The highest BCUT2D eigenvalue weighted by Gasteiger charge is 2.15. The van der Waals surface area contributed by atoms with Crippen molar-refractivity contribution < 1.29 is 0 Å². The van der Waals surface area contributed by atoms with Gasteiger partial charge in [-0.05, 0) is 52.7 Å². The van der Waals surface area contributed by atoms with Crippen molar-refractivity contribution in [2.45, 2.75) is 6.92 Å². The van der Waals surface area contributed by atoms with Crippen molar-refractivity contribution >= 4 is 26.8 Å². The molecule has 0 unspecified atom stereocenters. The molecule has 5 heteroatoms. The minimum atomic E-state index is -0.128. The smallest absolute Gasteiger partial charge is 0.261 e. The van der Waals surface area contributed by atoms with E-state index in [9.17, 15) is 10.1 Å². The van der Waals surface area contributed by atoms with Crippen LogP contribution in [0.15, 0.2) is 45.7 Å². The molecule has 0 amide bonds. The predicted molar refractivity (Wildman–Crippen MR) is 89.6 cm³/mol. The maximum atomic E-state index is 12.6. The second-order valence-electron chi connectivity index (χ2n) is 5.10. The summed E-state index contributed by atoms with van der Waals surface area (Å²) in [4.78, 5) is 17.3. The third-order valence-corrected chi connectivity index (χ3v) is 4.17.